The van der Waals surface area contributed by atoms with Gasteiger partial charge < -0.3 is 10.2 Å². The molecule has 0 fully saturated rings. The summed E-state index contributed by atoms with van der Waals surface area (Å²) < 4.78 is 12.9. The Morgan fingerprint density at radius 1 is 1.00 bits per heavy atom. The zero-order valence-corrected chi connectivity index (χ0v) is 10.6. The average molecular weight is 274 g/mol. The highest BCUT2D eigenvalue weighted by Crippen LogP contribution is 2.29. The fourth-order valence-electron chi connectivity index (χ4n) is 2.08. The molecular weight excluding hydrogens is 263 g/mol. The molecule has 0 aromatic heterocycles. The second-order valence-corrected chi connectivity index (χ2v) is 4.33. The van der Waals surface area contributed by atoms with E-state index in [1.807, 2.05) is 0 Å². The van der Waals surface area contributed by atoms with E-state index in [0.29, 0.717) is 16.7 Å². The summed E-state index contributed by atoms with van der Waals surface area (Å²) in [6, 6.07) is 7.88. The molecule has 0 aliphatic rings. The van der Waals surface area contributed by atoms with E-state index in [9.17, 15) is 19.1 Å². The highest BCUT2D eigenvalue weighted by atomic mass is 19.1. The van der Waals surface area contributed by atoms with Crippen LogP contribution in [0, 0.1) is 12.7 Å². The fourth-order valence-corrected chi connectivity index (χ4v) is 2.08. The van der Waals surface area contributed by atoms with Crippen molar-refractivity contribution in [3.63, 3.8) is 0 Å². The number of carboxylic acids is 2. The maximum Gasteiger partial charge on any atom is 0.336 e. The van der Waals surface area contributed by atoms with Gasteiger partial charge in [0.1, 0.15) is 5.82 Å². The molecule has 2 rings (SSSR count). The number of halogens is 1. The molecular formula is C15H11FO4. The van der Waals surface area contributed by atoms with Gasteiger partial charge in [-0.25, -0.2) is 14.0 Å². The predicted octanol–water partition coefficient (Wildman–Crippen LogP) is 3.20. The van der Waals surface area contributed by atoms with Crippen LogP contribution in [0.1, 0.15) is 26.3 Å². The monoisotopic (exact) mass is 274 g/mol. The molecule has 4 nitrogen and oxygen atoms in total. The van der Waals surface area contributed by atoms with Crippen molar-refractivity contribution in [3.8, 4) is 11.1 Å². The van der Waals surface area contributed by atoms with Crippen molar-refractivity contribution in [2.75, 3.05) is 0 Å². The van der Waals surface area contributed by atoms with E-state index in [1.165, 1.54) is 30.3 Å². The topological polar surface area (TPSA) is 74.6 Å². The summed E-state index contributed by atoms with van der Waals surface area (Å²) >= 11 is 0. The number of carbonyl (C=O) groups is 2. The Morgan fingerprint density at radius 2 is 1.60 bits per heavy atom. The maximum absolute atomic E-state index is 12.9. The third-order valence-electron chi connectivity index (χ3n) is 2.95. The van der Waals surface area contributed by atoms with Crippen LogP contribution >= 0.6 is 0 Å². The number of aryl methyl sites for hydroxylation is 1. The van der Waals surface area contributed by atoms with Gasteiger partial charge in [0.15, 0.2) is 0 Å². The summed E-state index contributed by atoms with van der Waals surface area (Å²) in [4.78, 5) is 22.3. The molecule has 0 amide bonds. The van der Waals surface area contributed by atoms with Crippen LogP contribution in [0.25, 0.3) is 11.1 Å². The molecule has 102 valence electrons. The summed E-state index contributed by atoms with van der Waals surface area (Å²) in [5, 5.41) is 18.2. The number of hydrogen-bond acceptors (Lipinski definition) is 2. The minimum atomic E-state index is -1.23. The van der Waals surface area contributed by atoms with E-state index in [-0.39, 0.29) is 11.1 Å². The quantitative estimate of drug-likeness (QED) is 0.901. The maximum atomic E-state index is 12.9. The van der Waals surface area contributed by atoms with Crippen LogP contribution in [0.3, 0.4) is 0 Å². The van der Waals surface area contributed by atoms with Gasteiger partial charge in [-0.3, -0.25) is 0 Å². The van der Waals surface area contributed by atoms with Crippen LogP contribution in [-0.2, 0) is 0 Å². The first-order chi connectivity index (χ1) is 9.40. The highest BCUT2D eigenvalue weighted by Gasteiger charge is 2.18. The van der Waals surface area contributed by atoms with Crippen molar-refractivity contribution in [2.45, 2.75) is 6.92 Å². The first kappa shape index (κ1) is 13.7. The van der Waals surface area contributed by atoms with Crippen LogP contribution in [0.2, 0.25) is 0 Å². The smallest absolute Gasteiger partial charge is 0.336 e. The minimum absolute atomic E-state index is 0.0919. The molecule has 2 aromatic rings. The van der Waals surface area contributed by atoms with Gasteiger partial charge in [0.05, 0.1) is 11.1 Å². The zero-order valence-electron chi connectivity index (χ0n) is 10.6. The first-order valence-corrected chi connectivity index (χ1v) is 5.77. The van der Waals surface area contributed by atoms with Crippen molar-refractivity contribution in [1.29, 1.82) is 0 Å². The summed E-state index contributed by atoms with van der Waals surface area (Å²) in [5.74, 6) is -2.85. The van der Waals surface area contributed by atoms with Crippen molar-refractivity contribution >= 4 is 11.9 Å². The van der Waals surface area contributed by atoms with Gasteiger partial charge in [0.25, 0.3) is 0 Å². The highest BCUT2D eigenvalue weighted by molar-refractivity contribution is 6.00. The summed E-state index contributed by atoms with van der Waals surface area (Å²) in [7, 11) is 0. The van der Waals surface area contributed by atoms with Crippen LogP contribution in [0.4, 0.5) is 4.39 Å². The number of carboxylic acid groups (broad SMARTS) is 2. The van der Waals surface area contributed by atoms with Gasteiger partial charge >= 0.3 is 11.9 Å². The normalized spacial score (nSPS) is 10.3. The lowest BCUT2D eigenvalue weighted by molar-refractivity contribution is 0.0696. The van der Waals surface area contributed by atoms with Gasteiger partial charge in [0, 0.05) is 0 Å². The number of hydrogen-bond donors (Lipinski definition) is 2. The molecule has 0 spiro atoms. The van der Waals surface area contributed by atoms with E-state index >= 15 is 0 Å². The molecule has 0 saturated carbocycles. The molecule has 0 heterocycles. The summed E-state index contributed by atoms with van der Waals surface area (Å²) in [5.41, 5.74) is 1.22. The molecule has 0 radical (unpaired) electrons. The molecule has 0 atom stereocenters. The summed E-state index contributed by atoms with van der Waals surface area (Å²) in [6.45, 7) is 1.62. The van der Waals surface area contributed by atoms with E-state index in [0.717, 1.165) is 6.07 Å². The summed E-state index contributed by atoms with van der Waals surface area (Å²) in [6.07, 6.45) is 0. The van der Waals surface area contributed by atoms with Crippen LogP contribution in [0.5, 0.6) is 0 Å². The number of rotatable bonds is 3. The minimum Gasteiger partial charge on any atom is -0.478 e. The van der Waals surface area contributed by atoms with Gasteiger partial charge in [-0.1, -0.05) is 12.1 Å². The average Bonchev–Trinajstić information content (AvgIpc) is 2.39. The molecule has 0 saturated heterocycles. The Hall–Kier alpha value is -2.69. The second-order valence-electron chi connectivity index (χ2n) is 4.33. The van der Waals surface area contributed by atoms with Gasteiger partial charge in [-0.15, -0.1) is 0 Å². The second kappa shape index (κ2) is 5.13. The lowest BCUT2D eigenvalue weighted by Gasteiger charge is -2.11. The third kappa shape index (κ3) is 2.51. The molecule has 5 heteroatoms. The Kier molecular flexibility index (Phi) is 3.52. The lowest BCUT2D eigenvalue weighted by atomic mass is 9.93. The number of benzene rings is 2. The van der Waals surface area contributed by atoms with Crippen molar-refractivity contribution < 1.29 is 24.2 Å². The molecule has 20 heavy (non-hydrogen) atoms. The van der Waals surface area contributed by atoms with Crippen LogP contribution < -0.4 is 0 Å². The Labute approximate surface area is 114 Å². The van der Waals surface area contributed by atoms with Crippen molar-refractivity contribution in [1.82, 2.24) is 0 Å². The molecule has 2 N–H and O–H groups in total. The lowest BCUT2D eigenvalue weighted by Crippen LogP contribution is -2.06. The van der Waals surface area contributed by atoms with Crippen molar-refractivity contribution in [2.24, 2.45) is 0 Å². The fraction of sp³-hybridized carbons (Fsp3) is 0.0667. The molecule has 0 bridgehead atoms. The Balaban J connectivity index is 2.71. The van der Waals surface area contributed by atoms with E-state index in [1.54, 1.807) is 6.92 Å². The van der Waals surface area contributed by atoms with Crippen LogP contribution in [0.15, 0.2) is 36.4 Å². The largest absolute Gasteiger partial charge is 0.478 e. The molecule has 0 aliphatic carbocycles. The SMILES string of the molecule is Cc1cc(C(=O)O)cc(C(=O)O)c1-c1ccc(F)cc1. The zero-order chi connectivity index (χ0) is 14.9. The standard InChI is InChI=1S/C15H11FO4/c1-8-6-10(14(17)18)7-12(15(19)20)13(8)9-2-4-11(16)5-3-9/h2-7H,1H3,(H,17,18)(H,19,20). The Bertz CT molecular complexity index is 690. The van der Waals surface area contributed by atoms with E-state index in [2.05, 4.69) is 0 Å². The van der Waals surface area contributed by atoms with Gasteiger partial charge in [-0.05, 0) is 47.9 Å². The number of aromatic carboxylic acids is 2. The van der Waals surface area contributed by atoms with Gasteiger partial charge in [-0.2, -0.15) is 0 Å². The van der Waals surface area contributed by atoms with Crippen LogP contribution in [-0.4, -0.2) is 22.2 Å². The third-order valence-corrected chi connectivity index (χ3v) is 2.95. The predicted molar refractivity (Wildman–Crippen MR) is 70.5 cm³/mol. The molecule has 2 aromatic carbocycles. The Morgan fingerprint density at radius 3 is 2.10 bits per heavy atom. The van der Waals surface area contributed by atoms with E-state index < -0.39 is 17.8 Å². The first-order valence-electron chi connectivity index (χ1n) is 5.77. The molecule has 0 unspecified atom stereocenters. The van der Waals surface area contributed by atoms with Crippen molar-refractivity contribution in [3.05, 3.63) is 58.9 Å². The molecule has 0 aliphatic heterocycles. The van der Waals surface area contributed by atoms with Gasteiger partial charge in [0.2, 0.25) is 0 Å². The van der Waals surface area contributed by atoms with E-state index in [4.69, 9.17) is 5.11 Å².